The lowest BCUT2D eigenvalue weighted by atomic mass is 10.5. The normalized spacial score (nSPS) is 8.53. The lowest BCUT2D eigenvalue weighted by Gasteiger charge is -2.06. The fraction of sp³-hybridized carbons (Fsp3) is 0.222. The van der Waals surface area contributed by atoms with Crippen LogP contribution in [0.1, 0.15) is 0 Å². The van der Waals surface area contributed by atoms with Crippen LogP contribution in [-0.4, -0.2) is 38.8 Å². The number of nitrogens with zero attached hydrogens (tertiary/aromatic N) is 1. The van der Waals surface area contributed by atoms with E-state index in [1.807, 2.05) is 12.1 Å². The molecule has 1 aromatic rings. The molecule has 0 amide bonds. The van der Waals surface area contributed by atoms with Crippen molar-refractivity contribution in [1.82, 2.24) is 4.98 Å². The largest absolute Gasteiger partial charge is 0.487 e. The molecule has 94 valence electrons. The zero-order chi connectivity index (χ0) is 13.1. The summed E-state index contributed by atoms with van der Waals surface area (Å²) >= 11 is 8.69. The van der Waals surface area contributed by atoms with Crippen molar-refractivity contribution in [3.8, 4) is 0 Å². The molecule has 6 nitrogen and oxygen atoms in total. The minimum atomic E-state index is -0.500. The molecule has 0 spiro atoms. The third-order valence-electron chi connectivity index (χ3n) is 1.22. The second-order valence-corrected chi connectivity index (χ2v) is 3.33. The maximum Gasteiger partial charge on any atom is 0.262 e. The Kier molecular flexibility index (Phi) is 8.84. The molecule has 0 aliphatic rings. The standard InChI is InChI=1S/C8H10N2O2S.CH3NOS/c11-5-6-12-8(13)10-7-3-1-2-4-9-7;2-1(3)4/h1-4,11H,5-6H2,(H,9,10,13);(H3,2,3,4). The van der Waals surface area contributed by atoms with E-state index in [9.17, 15) is 0 Å². The summed E-state index contributed by atoms with van der Waals surface area (Å²) in [5.74, 6) is 0.630. The van der Waals surface area contributed by atoms with Gasteiger partial charge < -0.3 is 26.0 Å². The SMILES string of the molecule is NC(O)=S.OCCOC(=S)Nc1ccccn1. The van der Waals surface area contributed by atoms with E-state index in [1.54, 1.807) is 12.3 Å². The fourth-order valence-corrected chi connectivity index (χ4v) is 0.904. The van der Waals surface area contributed by atoms with Crippen molar-refractivity contribution in [1.29, 1.82) is 0 Å². The second-order valence-electron chi connectivity index (χ2n) is 2.54. The van der Waals surface area contributed by atoms with Crippen LogP contribution in [0.5, 0.6) is 0 Å². The Hall–Kier alpha value is -1.51. The van der Waals surface area contributed by atoms with Gasteiger partial charge in [-0.1, -0.05) is 6.07 Å². The highest BCUT2D eigenvalue weighted by Gasteiger charge is 1.97. The first kappa shape index (κ1) is 15.5. The Bertz CT molecular complexity index is 345. The second kappa shape index (κ2) is 9.70. The zero-order valence-corrected chi connectivity index (χ0v) is 10.5. The van der Waals surface area contributed by atoms with E-state index in [1.165, 1.54) is 0 Å². The summed E-state index contributed by atoms with van der Waals surface area (Å²) in [5, 5.41) is 18.5. The number of anilines is 1. The highest BCUT2D eigenvalue weighted by Crippen LogP contribution is 2.00. The number of pyridine rings is 1. The Morgan fingerprint density at radius 2 is 2.12 bits per heavy atom. The van der Waals surface area contributed by atoms with Crippen molar-refractivity contribution in [2.45, 2.75) is 0 Å². The molecule has 0 radical (unpaired) electrons. The van der Waals surface area contributed by atoms with Gasteiger partial charge in [-0.3, -0.25) is 0 Å². The third-order valence-corrected chi connectivity index (χ3v) is 1.44. The fourth-order valence-electron chi connectivity index (χ4n) is 0.716. The number of nitrogens with one attached hydrogen (secondary N) is 1. The minimum Gasteiger partial charge on any atom is -0.487 e. The van der Waals surface area contributed by atoms with Crippen molar-refractivity contribution in [3.63, 3.8) is 0 Å². The van der Waals surface area contributed by atoms with Crippen LogP contribution in [0, 0.1) is 0 Å². The highest BCUT2D eigenvalue weighted by molar-refractivity contribution is 7.80. The maximum atomic E-state index is 8.45. The van der Waals surface area contributed by atoms with Crippen molar-refractivity contribution in [3.05, 3.63) is 24.4 Å². The van der Waals surface area contributed by atoms with Crippen molar-refractivity contribution >= 4 is 40.6 Å². The third kappa shape index (κ3) is 10.8. The average Bonchev–Trinajstić information content (AvgIpc) is 2.27. The van der Waals surface area contributed by atoms with Crippen LogP contribution in [-0.2, 0) is 4.74 Å². The lowest BCUT2D eigenvalue weighted by Crippen LogP contribution is -2.15. The molecule has 0 aromatic carbocycles. The summed E-state index contributed by atoms with van der Waals surface area (Å²) in [6.45, 7) is 0.142. The maximum absolute atomic E-state index is 8.45. The van der Waals surface area contributed by atoms with E-state index in [0.717, 1.165) is 0 Å². The quantitative estimate of drug-likeness (QED) is 0.594. The van der Waals surface area contributed by atoms with Crippen LogP contribution < -0.4 is 11.1 Å². The van der Waals surface area contributed by atoms with Gasteiger partial charge in [-0.2, -0.15) is 0 Å². The molecule has 5 N–H and O–H groups in total. The molecule has 0 atom stereocenters. The van der Waals surface area contributed by atoms with Crippen LogP contribution in [0.4, 0.5) is 5.82 Å². The number of thiocarbonyl (C=S) groups is 2. The Morgan fingerprint density at radius 3 is 2.59 bits per heavy atom. The number of hydrogen-bond donors (Lipinski definition) is 4. The van der Waals surface area contributed by atoms with Crippen LogP contribution in [0.15, 0.2) is 24.4 Å². The molecule has 0 fully saturated rings. The van der Waals surface area contributed by atoms with Crippen molar-refractivity contribution in [2.24, 2.45) is 5.73 Å². The van der Waals surface area contributed by atoms with Gasteiger partial charge in [0.25, 0.3) is 10.3 Å². The minimum absolute atomic E-state index is 0.0515. The topological polar surface area (TPSA) is 101 Å². The molecule has 0 saturated heterocycles. The molecule has 1 heterocycles. The molecule has 0 saturated carbocycles. The van der Waals surface area contributed by atoms with Crippen LogP contribution in [0.3, 0.4) is 0 Å². The number of rotatable bonds is 3. The molecule has 17 heavy (non-hydrogen) atoms. The van der Waals surface area contributed by atoms with Crippen LogP contribution >= 0.6 is 24.4 Å². The van der Waals surface area contributed by atoms with Crippen molar-refractivity contribution in [2.75, 3.05) is 18.5 Å². The van der Waals surface area contributed by atoms with Gasteiger partial charge in [0.2, 0.25) is 0 Å². The van der Waals surface area contributed by atoms with Crippen LogP contribution in [0.25, 0.3) is 0 Å². The Balaban J connectivity index is 0.000000557. The molecular formula is C9H13N3O3S2. The molecule has 8 heteroatoms. The van der Waals surface area contributed by atoms with E-state index < -0.39 is 5.17 Å². The molecule has 0 unspecified atom stereocenters. The van der Waals surface area contributed by atoms with E-state index in [0.29, 0.717) is 5.82 Å². The van der Waals surface area contributed by atoms with E-state index in [2.05, 4.69) is 28.3 Å². The summed E-state index contributed by atoms with van der Waals surface area (Å²) in [6, 6.07) is 5.42. The molecular weight excluding hydrogens is 262 g/mol. The molecule has 1 rings (SSSR count). The highest BCUT2D eigenvalue weighted by atomic mass is 32.1. The predicted octanol–water partition coefficient (Wildman–Crippen LogP) is 0.575. The Morgan fingerprint density at radius 1 is 1.47 bits per heavy atom. The van der Waals surface area contributed by atoms with Crippen molar-refractivity contribution < 1.29 is 14.9 Å². The zero-order valence-electron chi connectivity index (χ0n) is 8.87. The van der Waals surface area contributed by atoms with Gasteiger partial charge in [0.1, 0.15) is 12.4 Å². The van der Waals surface area contributed by atoms with Gasteiger partial charge in [0, 0.05) is 6.20 Å². The first-order valence-corrected chi connectivity index (χ1v) is 5.32. The van der Waals surface area contributed by atoms with Gasteiger partial charge in [-0.05, 0) is 36.6 Å². The number of nitrogens with two attached hydrogens (primary N) is 1. The van der Waals surface area contributed by atoms with Gasteiger partial charge in [0.05, 0.1) is 6.61 Å². The first-order chi connectivity index (χ1) is 8.06. The first-order valence-electron chi connectivity index (χ1n) is 4.50. The van der Waals surface area contributed by atoms with E-state index >= 15 is 0 Å². The number of hydrogen-bond acceptors (Lipinski definition) is 5. The average molecular weight is 275 g/mol. The summed E-state index contributed by atoms with van der Waals surface area (Å²) in [4.78, 5) is 3.99. The van der Waals surface area contributed by atoms with Crippen LogP contribution in [0.2, 0.25) is 0 Å². The summed E-state index contributed by atoms with van der Waals surface area (Å²) in [5.41, 5.74) is 4.40. The van der Waals surface area contributed by atoms with Gasteiger partial charge >= 0.3 is 0 Å². The summed E-state index contributed by atoms with van der Waals surface area (Å²) < 4.78 is 4.93. The molecule has 0 bridgehead atoms. The number of aromatic nitrogens is 1. The summed E-state index contributed by atoms with van der Waals surface area (Å²) in [7, 11) is 0. The smallest absolute Gasteiger partial charge is 0.262 e. The van der Waals surface area contributed by atoms with E-state index in [-0.39, 0.29) is 18.4 Å². The number of ether oxygens (including phenoxy) is 1. The molecule has 0 aliphatic carbocycles. The summed E-state index contributed by atoms with van der Waals surface area (Å²) in [6.07, 6.45) is 1.65. The van der Waals surface area contributed by atoms with E-state index in [4.69, 9.17) is 27.2 Å². The number of aliphatic hydroxyl groups excluding tert-OH is 2. The van der Waals surface area contributed by atoms with Gasteiger partial charge in [-0.25, -0.2) is 4.98 Å². The van der Waals surface area contributed by atoms with Gasteiger partial charge in [-0.15, -0.1) is 0 Å². The lowest BCUT2D eigenvalue weighted by molar-refractivity contribution is 0.197. The monoisotopic (exact) mass is 275 g/mol. The number of aliphatic hydroxyl groups is 2. The molecule has 0 aliphatic heterocycles. The predicted molar refractivity (Wildman–Crippen MR) is 72.9 cm³/mol. The molecule has 1 aromatic heterocycles. The Labute approximate surface area is 109 Å². The van der Waals surface area contributed by atoms with Gasteiger partial charge in [0.15, 0.2) is 0 Å².